The molecule has 1 aliphatic heterocycles. The monoisotopic (exact) mass is 281 g/mol. The van der Waals surface area contributed by atoms with E-state index < -0.39 is 0 Å². The van der Waals surface area contributed by atoms with Gasteiger partial charge in [-0.2, -0.15) is 15.0 Å². The molecule has 1 saturated heterocycles. The molecule has 112 valence electrons. The highest BCUT2D eigenvalue weighted by molar-refractivity contribution is 5.36. The van der Waals surface area contributed by atoms with Crippen LogP contribution in [0, 0.1) is 5.92 Å². The normalized spacial score (nSPS) is 19.4. The van der Waals surface area contributed by atoms with Crippen molar-refractivity contribution in [1.82, 2.24) is 15.0 Å². The topological polar surface area (TPSA) is 97.4 Å². The Hall–Kier alpha value is -1.63. The van der Waals surface area contributed by atoms with Gasteiger partial charge in [0.15, 0.2) is 0 Å². The van der Waals surface area contributed by atoms with Crippen LogP contribution in [0.4, 0.5) is 11.9 Å². The summed E-state index contributed by atoms with van der Waals surface area (Å²) >= 11 is 0. The quantitative estimate of drug-likeness (QED) is 0.825. The predicted octanol–water partition coefficient (Wildman–Crippen LogP) is 0.840. The first-order valence-corrected chi connectivity index (χ1v) is 7.12. The predicted molar refractivity (Wildman–Crippen MR) is 76.6 cm³/mol. The summed E-state index contributed by atoms with van der Waals surface area (Å²) < 4.78 is 5.49. The second-order valence-electron chi connectivity index (χ2n) is 5.41. The third kappa shape index (κ3) is 3.93. The van der Waals surface area contributed by atoms with Crippen molar-refractivity contribution in [2.75, 3.05) is 30.3 Å². The standard InChI is InChI=1S/C13H23N5O2/c1-9(2)20-13-16-11(14)15-12(17-13)18-6-3-4-10(8-18)5-7-19/h9-10,19H,3-8H2,1-2H3,(H2,14,15,16,17). The molecule has 2 rings (SSSR count). The van der Waals surface area contributed by atoms with Gasteiger partial charge in [0.05, 0.1) is 6.10 Å². The van der Waals surface area contributed by atoms with Crippen LogP contribution in [0.15, 0.2) is 0 Å². The van der Waals surface area contributed by atoms with Gasteiger partial charge in [-0.15, -0.1) is 0 Å². The number of aromatic nitrogens is 3. The number of ether oxygens (including phenoxy) is 1. The lowest BCUT2D eigenvalue weighted by atomic mass is 9.95. The van der Waals surface area contributed by atoms with E-state index in [1.54, 1.807) is 0 Å². The van der Waals surface area contributed by atoms with Crippen LogP contribution in [0.2, 0.25) is 0 Å². The van der Waals surface area contributed by atoms with E-state index in [9.17, 15) is 0 Å². The van der Waals surface area contributed by atoms with Crippen molar-refractivity contribution < 1.29 is 9.84 Å². The van der Waals surface area contributed by atoms with Crippen LogP contribution in [0.25, 0.3) is 0 Å². The summed E-state index contributed by atoms with van der Waals surface area (Å²) in [5.41, 5.74) is 5.73. The second kappa shape index (κ2) is 6.69. The molecule has 1 aromatic rings. The van der Waals surface area contributed by atoms with Gasteiger partial charge in [-0.3, -0.25) is 0 Å². The Labute approximate surface area is 119 Å². The summed E-state index contributed by atoms with van der Waals surface area (Å²) in [7, 11) is 0. The molecule has 0 aromatic carbocycles. The number of rotatable bonds is 5. The van der Waals surface area contributed by atoms with Gasteiger partial charge in [-0.05, 0) is 39.0 Å². The molecule has 0 radical (unpaired) electrons. The molecule has 2 heterocycles. The Balaban J connectivity index is 2.12. The minimum Gasteiger partial charge on any atom is -0.461 e. The molecule has 3 N–H and O–H groups in total. The van der Waals surface area contributed by atoms with E-state index in [-0.39, 0.29) is 24.7 Å². The average molecular weight is 281 g/mol. The SMILES string of the molecule is CC(C)Oc1nc(N)nc(N2CCCC(CCO)C2)n1. The van der Waals surface area contributed by atoms with Crippen molar-refractivity contribution in [1.29, 1.82) is 0 Å². The maximum Gasteiger partial charge on any atom is 0.323 e. The van der Waals surface area contributed by atoms with Gasteiger partial charge in [0.1, 0.15) is 0 Å². The maximum atomic E-state index is 9.06. The van der Waals surface area contributed by atoms with E-state index in [1.165, 1.54) is 0 Å². The fourth-order valence-corrected chi connectivity index (χ4v) is 2.43. The van der Waals surface area contributed by atoms with E-state index in [0.29, 0.717) is 11.9 Å². The van der Waals surface area contributed by atoms with Gasteiger partial charge in [0.25, 0.3) is 0 Å². The Kier molecular flexibility index (Phi) is 4.94. The van der Waals surface area contributed by atoms with Gasteiger partial charge >= 0.3 is 6.01 Å². The molecule has 0 bridgehead atoms. The van der Waals surface area contributed by atoms with Crippen molar-refractivity contribution in [3.63, 3.8) is 0 Å². The molecule has 1 aliphatic rings. The summed E-state index contributed by atoms with van der Waals surface area (Å²) in [5.74, 6) is 1.21. The van der Waals surface area contributed by atoms with E-state index >= 15 is 0 Å². The number of nitrogens with zero attached hydrogens (tertiary/aromatic N) is 4. The van der Waals surface area contributed by atoms with Gasteiger partial charge < -0.3 is 20.5 Å². The molecule has 0 saturated carbocycles. The van der Waals surface area contributed by atoms with Crippen LogP contribution in [-0.4, -0.2) is 45.9 Å². The summed E-state index contributed by atoms with van der Waals surface area (Å²) in [4.78, 5) is 14.6. The highest BCUT2D eigenvalue weighted by Gasteiger charge is 2.22. The largest absolute Gasteiger partial charge is 0.461 e. The van der Waals surface area contributed by atoms with Crippen LogP contribution in [-0.2, 0) is 0 Å². The number of hydrogen-bond donors (Lipinski definition) is 2. The summed E-state index contributed by atoms with van der Waals surface area (Å²) in [5, 5.41) is 9.06. The Morgan fingerprint density at radius 1 is 1.40 bits per heavy atom. The lowest BCUT2D eigenvalue weighted by molar-refractivity contribution is 0.221. The number of nitrogen functional groups attached to an aromatic ring is 1. The molecule has 0 spiro atoms. The van der Waals surface area contributed by atoms with Crippen molar-refractivity contribution >= 4 is 11.9 Å². The number of hydrogen-bond acceptors (Lipinski definition) is 7. The molecule has 1 atom stereocenters. The first-order valence-electron chi connectivity index (χ1n) is 7.12. The first-order chi connectivity index (χ1) is 9.58. The van der Waals surface area contributed by atoms with Crippen LogP contribution in [0.1, 0.15) is 33.1 Å². The first kappa shape index (κ1) is 14.8. The third-order valence-electron chi connectivity index (χ3n) is 3.30. The Morgan fingerprint density at radius 2 is 2.20 bits per heavy atom. The maximum absolute atomic E-state index is 9.06. The molecule has 0 amide bonds. The molecule has 0 aliphatic carbocycles. The second-order valence-corrected chi connectivity index (χ2v) is 5.41. The van der Waals surface area contributed by atoms with Crippen LogP contribution in [0.3, 0.4) is 0 Å². The number of nitrogens with two attached hydrogens (primary N) is 1. The van der Waals surface area contributed by atoms with E-state index in [0.717, 1.165) is 32.4 Å². The fourth-order valence-electron chi connectivity index (χ4n) is 2.43. The zero-order valence-corrected chi connectivity index (χ0v) is 12.1. The van der Waals surface area contributed by atoms with Gasteiger partial charge in [0.2, 0.25) is 11.9 Å². The number of aliphatic hydroxyl groups excluding tert-OH is 1. The smallest absolute Gasteiger partial charge is 0.323 e. The highest BCUT2D eigenvalue weighted by Crippen LogP contribution is 2.23. The Bertz CT molecular complexity index is 439. The zero-order chi connectivity index (χ0) is 14.5. The van der Waals surface area contributed by atoms with Gasteiger partial charge in [0, 0.05) is 19.7 Å². The highest BCUT2D eigenvalue weighted by atomic mass is 16.5. The molecule has 1 unspecified atom stereocenters. The summed E-state index contributed by atoms with van der Waals surface area (Å²) in [6, 6.07) is 0.270. The van der Waals surface area contributed by atoms with Crippen LogP contribution >= 0.6 is 0 Å². The summed E-state index contributed by atoms with van der Waals surface area (Å²) in [6.07, 6.45) is 3.00. The minimum absolute atomic E-state index is 0.00635. The Morgan fingerprint density at radius 3 is 2.90 bits per heavy atom. The number of anilines is 2. The molecular formula is C13H23N5O2. The molecule has 7 nitrogen and oxygen atoms in total. The van der Waals surface area contributed by atoms with E-state index in [1.807, 2.05) is 13.8 Å². The molecule has 1 fully saturated rings. The lowest BCUT2D eigenvalue weighted by Gasteiger charge is -2.32. The van der Waals surface area contributed by atoms with E-state index in [2.05, 4.69) is 19.9 Å². The number of piperidine rings is 1. The third-order valence-corrected chi connectivity index (χ3v) is 3.30. The van der Waals surface area contributed by atoms with E-state index in [4.69, 9.17) is 15.6 Å². The molecule has 7 heteroatoms. The molecular weight excluding hydrogens is 258 g/mol. The minimum atomic E-state index is -0.00635. The fraction of sp³-hybridized carbons (Fsp3) is 0.769. The van der Waals surface area contributed by atoms with Crippen molar-refractivity contribution in [3.05, 3.63) is 0 Å². The van der Waals surface area contributed by atoms with Crippen LogP contribution in [0.5, 0.6) is 6.01 Å². The molecule has 20 heavy (non-hydrogen) atoms. The number of aliphatic hydroxyl groups is 1. The summed E-state index contributed by atoms with van der Waals surface area (Å²) in [6.45, 7) is 5.78. The average Bonchev–Trinajstić information content (AvgIpc) is 2.38. The van der Waals surface area contributed by atoms with Crippen LogP contribution < -0.4 is 15.4 Å². The zero-order valence-electron chi connectivity index (χ0n) is 12.1. The van der Waals surface area contributed by atoms with Crippen molar-refractivity contribution in [2.45, 2.75) is 39.2 Å². The van der Waals surface area contributed by atoms with Crippen molar-refractivity contribution in [2.24, 2.45) is 5.92 Å². The van der Waals surface area contributed by atoms with Gasteiger partial charge in [-0.25, -0.2) is 0 Å². The van der Waals surface area contributed by atoms with Gasteiger partial charge in [-0.1, -0.05) is 0 Å². The van der Waals surface area contributed by atoms with Crippen molar-refractivity contribution in [3.8, 4) is 6.01 Å². The molecule has 1 aromatic heterocycles. The lowest BCUT2D eigenvalue weighted by Crippen LogP contribution is -2.37.